The molecular formula is C27H29N5O4S. The van der Waals surface area contributed by atoms with Crippen LogP contribution in [0, 0.1) is 0 Å². The molecule has 192 valence electrons. The number of hydrogen-bond acceptors (Lipinski definition) is 5. The van der Waals surface area contributed by atoms with Crippen molar-refractivity contribution in [3.63, 3.8) is 0 Å². The lowest BCUT2D eigenvalue weighted by Crippen LogP contribution is -2.54. The number of pyridine rings is 1. The van der Waals surface area contributed by atoms with Crippen LogP contribution in [-0.2, 0) is 14.8 Å². The summed E-state index contributed by atoms with van der Waals surface area (Å²) in [5.74, 6) is -0.115. The van der Waals surface area contributed by atoms with Crippen LogP contribution < -0.4 is 10.0 Å². The number of aromatic nitrogens is 1. The summed E-state index contributed by atoms with van der Waals surface area (Å²) < 4.78 is 28.8. The zero-order valence-electron chi connectivity index (χ0n) is 20.3. The molecular weight excluding hydrogens is 490 g/mol. The van der Waals surface area contributed by atoms with Crippen molar-refractivity contribution in [3.05, 3.63) is 84.6 Å². The maximum absolute atomic E-state index is 13.1. The molecule has 0 bridgehead atoms. The molecule has 1 aliphatic heterocycles. The van der Waals surface area contributed by atoms with Gasteiger partial charge in [0.1, 0.15) is 4.90 Å². The molecule has 1 aromatic heterocycles. The number of carbonyl (C=O) groups is 2. The highest BCUT2D eigenvalue weighted by Gasteiger charge is 2.28. The van der Waals surface area contributed by atoms with Crippen LogP contribution in [0.2, 0.25) is 0 Å². The summed E-state index contributed by atoms with van der Waals surface area (Å²) in [7, 11) is -3.81. The molecule has 10 heteroatoms. The highest BCUT2D eigenvalue weighted by Crippen LogP contribution is 2.22. The Kier molecular flexibility index (Phi) is 7.20. The minimum Gasteiger partial charge on any atom is -0.335 e. The second-order valence-corrected chi connectivity index (χ2v) is 10.9. The fourth-order valence-electron chi connectivity index (χ4n) is 4.65. The van der Waals surface area contributed by atoms with Crippen LogP contribution in [0.15, 0.2) is 89.5 Å². The topological polar surface area (TPSA) is 112 Å². The van der Waals surface area contributed by atoms with E-state index in [0.29, 0.717) is 43.7 Å². The van der Waals surface area contributed by atoms with Crippen LogP contribution in [0.25, 0.3) is 10.9 Å². The van der Waals surface area contributed by atoms with Gasteiger partial charge in [-0.15, -0.1) is 0 Å². The Bertz CT molecular complexity index is 1420. The van der Waals surface area contributed by atoms with Gasteiger partial charge in [0.25, 0.3) is 5.91 Å². The lowest BCUT2D eigenvalue weighted by Gasteiger charge is -2.35. The fraction of sp³-hybridized carbons (Fsp3) is 0.296. The largest absolute Gasteiger partial charge is 0.335 e. The van der Waals surface area contributed by atoms with Crippen molar-refractivity contribution in [3.8, 4) is 0 Å². The van der Waals surface area contributed by atoms with Crippen LogP contribution in [0.3, 0.4) is 0 Å². The molecule has 2 unspecified atom stereocenters. The molecule has 1 aromatic carbocycles. The number of carbonyl (C=O) groups excluding carboxylic acids is 2. The van der Waals surface area contributed by atoms with Gasteiger partial charge in [-0.3, -0.25) is 9.78 Å². The quantitative estimate of drug-likeness (QED) is 0.631. The van der Waals surface area contributed by atoms with E-state index in [2.05, 4.69) is 15.0 Å². The Balaban J connectivity index is 1.14. The maximum Gasteiger partial charge on any atom is 0.317 e. The molecule has 5 rings (SSSR count). The number of allylic oxidation sites excluding steroid dienone is 2. The number of benzene rings is 1. The first-order valence-corrected chi connectivity index (χ1v) is 13.8. The highest BCUT2D eigenvalue weighted by molar-refractivity contribution is 7.89. The number of sulfonamides is 1. The molecule has 9 nitrogen and oxygen atoms in total. The van der Waals surface area contributed by atoms with E-state index in [-0.39, 0.29) is 22.9 Å². The monoisotopic (exact) mass is 519 g/mol. The molecule has 0 spiro atoms. The Morgan fingerprint density at radius 1 is 0.919 bits per heavy atom. The third-order valence-corrected chi connectivity index (χ3v) is 8.20. The van der Waals surface area contributed by atoms with Gasteiger partial charge in [0.15, 0.2) is 0 Å². The number of nitrogens with zero attached hydrogens (tertiary/aromatic N) is 3. The second-order valence-electron chi connectivity index (χ2n) is 9.20. The number of urea groups is 1. The zero-order chi connectivity index (χ0) is 25.8. The minimum absolute atomic E-state index is 0.00284. The van der Waals surface area contributed by atoms with Gasteiger partial charge in [-0.2, -0.15) is 0 Å². The number of hydrogen-bond donors (Lipinski definition) is 2. The van der Waals surface area contributed by atoms with Crippen LogP contribution in [0.1, 0.15) is 12.8 Å². The van der Waals surface area contributed by atoms with Crippen molar-refractivity contribution in [2.24, 2.45) is 0 Å². The van der Waals surface area contributed by atoms with E-state index in [9.17, 15) is 18.0 Å². The summed E-state index contributed by atoms with van der Waals surface area (Å²) in [5, 5.41) is 3.75. The Morgan fingerprint density at radius 3 is 2.43 bits per heavy atom. The van der Waals surface area contributed by atoms with Gasteiger partial charge in [-0.05, 0) is 25.0 Å². The standard InChI is InChI=1S/C27H29N5O4S/c33-26(31-16-18-32(19-17-31)27(34)29-22-8-2-1-3-9-22)21-11-13-23(14-12-21)30-37(35,36)24-10-4-6-20-7-5-15-28-25(20)24/h1-8,10-13,15,22-23,30H,9,14,16-19H2,(H,29,34). The lowest BCUT2D eigenvalue weighted by atomic mass is 10.0. The van der Waals surface area contributed by atoms with Gasteiger partial charge in [0, 0.05) is 49.4 Å². The molecule has 1 fully saturated rings. The summed E-state index contributed by atoms with van der Waals surface area (Å²) in [6.45, 7) is 1.81. The van der Waals surface area contributed by atoms with E-state index >= 15 is 0 Å². The van der Waals surface area contributed by atoms with Crippen molar-refractivity contribution in [1.82, 2.24) is 24.8 Å². The number of nitrogens with one attached hydrogen (secondary N) is 2. The molecule has 0 radical (unpaired) electrons. The van der Waals surface area contributed by atoms with Gasteiger partial charge >= 0.3 is 6.03 Å². The SMILES string of the molecule is O=C(NC1C=CC=CC1)N1CCN(C(=O)C2=CCC(NS(=O)(=O)c3cccc4cccnc34)C=C2)CC1. The first kappa shape index (κ1) is 24.9. The van der Waals surface area contributed by atoms with E-state index in [1.165, 1.54) is 6.07 Å². The van der Waals surface area contributed by atoms with E-state index in [0.717, 1.165) is 11.8 Å². The maximum atomic E-state index is 13.1. The van der Waals surface area contributed by atoms with Crippen molar-refractivity contribution in [2.75, 3.05) is 26.2 Å². The van der Waals surface area contributed by atoms with Crippen LogP contribution >= 0.6 is 0 Å². The normalized spacial score (nSPS) is 21.7. The summed E-state index contributed by atoms with van der Waals surface area (Å²) in [6, 6.07) is 8.05. The van der Waals surface area contributed by atoms with E-state index in [4.69, 9.17) is 0 Å². The molecule has 37 heavy (non-hydrogen) atoms. The molecule has 2 aromatic rings. The van der Waals surface area contributed by atoms with Gasteiger partial charge in [-0.25, -0.2) is 17.9 Å². The molecule has 2 aliphatic carbocycles. The number of fused-ring (bicyclic) bond motifs is 1. The van der Waals surface area contributed by atoms with Crippen molar-refractivity contribution < 1.29 is 18.0 Å². The van der Waals surface area contributed by atoms with Gasteiger partial charge in [0.05, 0.1) is 11.6 Å². The fourth-order valence-corrected chi connectivity index (χ4v) is 6.04. The smallest absolute Gasteiger partial charge is 0.317 e. The third-order valence-electron chi connectivity index (χ3n) is 6.68. The Labute approximate surface area is 216 Å². The average Bonchev–Trinajstić information content (AvgIpc) is 2.93. The minimum atomic E-state index is -3.81. The van der Waals surface area contributed by atoms with Crippen LogP contribution in [0.4, 0.5) is 4.79 Å². The zero-order valence-corrected chi connectivity index (χ0v) is 21.1. The summed E-state index contributed by atoms with van der Waals surface area (Å²) in [5.41, 5.74) is 0.947. The molecule has 3 aliphatic rings. The van der Waals surface area contributed by atoms with Gasteiger partial charge < -0.3 is 15.1 Å². The Hall–Kier alpha value is -3.76. The average molecular weight is 520 g/mol. The predicted molar refractivity (Wildman–Crippen MR) is 141 cm³/mol. The highest BCUT2D eigenvalue weighted by atomic mass is 32.2. The molecule has 0 saturated carbocycles. The molecule has 2 atom stereocenters. The first-order chi connectivity index (χ1) is 17.9. The summed E-state index contributed by atoms with van der Waals surface area (Å²) >= 11 is 0. The lowest BCUT2D eigenvalue weighted by molar-refractivity contribution is -0.128. The van der Waals surface area contributed by atoms with E-state index in [1.807, 2.05) is 36.4 Å². The van der Waals surface area contributed by atoms with Crippen molar-refractivity contribution >= 4 is 32.9 Å². The van der Waals surface area contributed by atoms with Crippen molar-refractivity contribution in [1.29, 1.82) is 0 Å². The predicted octanol–water partition coefficient (Wildman–Crippen LogP) is 2.51. The van der Waals surface area contributed by atoms with Crippen LogP contribution in [-0.4, -0.2) is 73.4 Å². The number of piperazine rings is 1. The summed E-state index contributed by atoms with van der Waals surface area (Å²) in [4.78, 5) is 33.4. The molecule has 3 amide bonds. The number of para-hydroxylation sites is 1. The van der Waals surface area contributed by atoms with E-state index < -0.39 is 16.1 Å². The molecule has 1 saturated heterocycles. The van der Waals surface area contributed by atoms with E-state index in [1.54, 1.807) is 46.4 Å². The summed E-state index contributed by atoms with van der Waals surface area (Å²) in [6.07, 6.45) is 15.7. The second kappa shape index (κ2) is 10.7. The third kappa shape index (κ3) is 5.65. The van der Waals surface area contributed by atoms with Gasteiger partial charge in [0.2, 0.25) is 10.0 Å². The first-order valence-electron chi connectivity index (χ1n) is 12.3. The van der Waals surface area contributed by atoms with Crippen molar-refractivity contribution in [2.45, 2.75) is 29.8 Å². The molecule has 2 heterocycles. The van der Waals surface area contributed by atoms with Gasteiger partial charge in [-0.1, -0.05) is 60.7 Å². The number of amides is 3. The molecule has 2 N–H and O–H groups in total. The Morgan fingerprint density at radius 2 is 1.70 bits per heavy atom. The number of rotatable bonds is 5. The van der Waals surface area contributed by atoms with Crippen LogP contribution in [0.5, 0.6) is 0 Å².